The van der Waals surface area contributed by atoms with E-state index in [2.05, 4.69) is 40.6 Å². The fraction of sp³-hybridized carbons (Fsp3) is 0.167. The minimum absolute atomic E-state index is 0.0417. The molecule has 0 bridgehead atoms. The second-order valence-corrected chi connectivity index (χ2v) is 4.51. The van der Waals surface area contributed by atoms with E-state index in [1.165, 1.54) is 24.3 Å². The molecule has 2 N–H and O–H groups in total. The van der Waals surface area contributed by atoms with E-state index in [4.69, 9.17) is 0 Å². The topological polar surface area (TPSA) is 122 Å². The molecule has 0 saturated carbocycles. The van der Waals surface area contributed by atoms with Crippen LogP contribution in [0.4, 0.5) is 13.2 Å². The molecule has 0 spiro atoms. The predicted molar refractivity (Wildman–Crippen MR) is 70.1 cm³/mol. The molecule has 3 rings (SSSR count). The molecule has 0 fully saturated rings. The first-order valence-corrected chi connectivity index (χ1v) is 6.45. The number of amides is 1. The molecular formula is C12H8F3N7O2. The van der Waals surface area contributed by atoms with Crippen LogP contribution in [0.3, 0.4) is 0 Å². The summed E-state index contributed by atoms with van der Waals surface area (Å²) in [5.41, 5.74) is 0.413. The lowest BCUT2D eigenvalue weighted by molar-refractivity contribution is -0.159. The van der Waals surface area contributed by atoms with Crippen LogP contribution < -0.4 is 5.32 Å². The Morgan fingerprint density at radius 1 is 1.33 bits per heavy atom. The van der Waals surface area contributed by atoms with Gasteiger partial charge >= 0.3 is 12.1 Å². The van der Waals surface area contributed by atoms with E-state index in [-0.39, 0.29) is 29.3 Å². The third kappa shape index (κ3) is 3.37. The number of benzene rings is 1. The molecule has 3 aromatic rings. The molecule has 12 heteroatoms. The monoisotopic (exact) mass is 339 g/mol. The maximum Gasteiger partial charge on any atom is 0.471 e. The smallest absolute Gasteiger partial charge is 0.345 e. The standard InChI is InChI=1S/C12H8F3N7O2/c13-12(14,15)11-17-9(20-24-11)6-2-1-3-7(4-6)10(23)16-5-8-18-21-22-19-8/h1-4H,5H2,(H,16,23)(H,18,19,21,22). The van der Waals surface area contributed by atoms with Crippen molar-refractivity contribution in [1.82, 2.24) is 36.1 Å². The molecule has 0 unspecified atom stereocenters. The van der Waals surface area contributed by atoms with Crippen LogP contribution in [0, 0.1) is 0 Å². The number of aromatic nitrogens is 6. The van der Waals surface area contributed by atoms with Gasteiger partial charge in [0.25, 0.3) is 5.91 Å². The van der Waals surface area contributed by atoms with Gasteiger partial charge in [-0.15, -0.1) is 10.2 Å². The number of carbonyl (C=O) groups is 1. The maximum atomic E-state index is 12.5. The molecule has 0 aliphatic carbocycles. The first-order chi connectivity index (χ1) is 11.4. The first kappa shape index (κ1) is 15.6. The summed E-state index contributed by atoms with van der Waals surface area (Å²) in [6.07, 6.45) is -4.73. The summed E-state index contributed by atoms with van der Waals surface area (Å²) < 4.78 is 41.6. The van der Waals surface area contributed by atoms with E-state index >= 15 is 0 Å². The van der Waals surface area contributed by atoms with Crippen molar-refractivity contribution in [2.24, 2.45) is 0 Å². The molecule has 1 aromatic carbocycles. The Hall–Kier alpha value is -3.31. The number of H-pyrrole nitrogens is 1. The number of alkyl halides is 3. The highest BCUT2D eigenvalue weighted by molar-refractivity contribution is 5.95. The van der Waals surface area contributed by atoms with Crippen LogP contribution >= 0.6 is 0 Å². The summed E-state index contributed by atoms with van der Waals surface area (Å²) in [6, 6.07) is 5.78. The SMILES string of the molecule is O=C(NCc1nn[nH]n1)c1cccc(-c2noc(C(F)(F)F)n2)c1. The molecule has 1 amide bonds. The van der Waals surface area contributed by atoms with Crippen LogP contribution in [0.5, 0.6) is 0 Å². The van der Waals surface area contributed by atoms with Crippen molar-refractivity contribution in [2.75, 3.05) is 0 Å². The van der Waals surface area contributed by atoms with Crippen LogP contribution in [0.15, 0.2) is 28.8 Å². The van der Waals surface area contributed by atoms with E-state index < -0.39 is 18.0 Å². The zero-order chi connectivity index (χ0) is 17.2. The highest BCUT2D eigenvalue weighted by Gasteiger charge is 2.38. The second-order valence-electron chi connectivity index (χ2n) is 4.51. The highest BCUT2D eigenvalue weighted by Crippen LogP contribution is 2.29. The maximum absolute atomic E-state index is 12.5. The number of nitrogens with one attached hydrogen (secondary N) is 2. The van der Waals surface area contributed by atoms with Crippen molar-refractivity contribution in [3.63, 3.8) is 0 Å². The minimum Gasteiger partial charge on any atom is -0.345 e. The van der Waals surface area contributed by atoms with Crippen molar-refractivity contribution >= 4 is 5.91 Å². The van der Waals surface area contributed by atoms with Gasteiger partial charge < -0.3 is 9.84 Å². The number of hydrogen-bond acceptors (Lipinski definition) is 7. The Balaban J connectivity index is 1.76. The molecule has 24 heavy (non-hydrogen) atoms. The van der Waals surface area contributed by atoms with E-state index in [1.807, 2.05) is 0 Å². The summed E-state index contributed by atoms with van der Waals surface area (Å²) in [5.74, 6) is -1.91. The van der Waals surface area contributed by atoms with Gasteiger partial charge in [-0.05, 0) is 12.1 Å². The van der Waals surface area contributed by atoms with Crippen molar-refractivity contribution in [1.29, 1.82) is 0 Å². The fourth-order valence-electron chi connectivity index (χ4n) is 1.77. The van der Waals surface area contributed by atoms with Gasteiger partial charge in [-0.3, -0.25) is 4.79 Å². The summed E-state index contributed by atoms with van der Waals surface area (Å²) in [4.78, 5) is 15.3. The summed E-state index contributed by atoms with van der Waals surface area (Å²) in [7, 11) is 0. The van der Waals surface area contributed by atoms with Gasteiger partial charge in [0.15, 0.2) is 5.82 Å². The van der Waals surface area contributed by atoms with Crippen LogP contribution in [-0.2, 0) is 12.7 Å². The lowest BCUT2D eigenvalue weighted by Gasteiger charge is -2.03. The number of nitrogens with zero attached hydrogens (tertiary/aromatic N) is 5. The Morgan fingerprint density at radius 3 is 2.83 bits per heavy atom. The summed E-state index contributed by atoms with van der Waals surface area (Å²) in [6.45, 7) is 0.0417. The number of hydrogen-bond donors (Lipinski definition) is 2. The zero-order valence-electron chi connectivity index (χ0n) is 11.7. The molecule has 0 atom stereocenters. The number of aromatic amines is 1. The molecular weight excluding hydrogens is 331 g/mol. The van der Waals surface area contributed by atoms with Gasteiger partial charge in [-0.1, -0.05) is 22.5 Å². The van der Waals surface area contributed by atoms with Gasteiger partial charge in [-0.2, -0.15) is 23.4 Å². The third-order valence-electron chi connectivity index (χ3n) is 2.85. The molecule has 124 valence electrons. The molecule has 2 aromatic heterocycles. The van der Waals surface area contributed by atoms with E-state index in [0.717, 1.165) is 0 Å². The van der Waals surface area contributed by atoms with Gasteiger partial charge in [0, 0.05) is 11.1 Å². The van der Waals surface area contributed by atoms with Gasteiger partial charge in [0.2, 0.25) is 5.82 Å². The minimum atomic E-state index is -4.73. The Morgan fingerprint density at radius 2 is 2.17 bits per heavy atom. The lowest BCUT2D eigenvalue weighted by atomic mass is 10.1. The van der Waals surface area contributed by atoms with Crippen LogP contribution in [0.25, 0.3) is 11.4 Å². The molecule has 0 radical (unpaired) electrons. The van der Waals surface area contributed by atoms with Crippen LogP contribution in [0.2, 0.25) is 0 Å². The van der Waals surface area contributed by atoms with Crippen LogP contribution in [-0.4, -0.2) is 36.7 Å². The van der Waals surface area contributed by atoms with Crippen molar-refractivity contribution in [2.45, 2.75) is 12.7 Å². The number of carbonyl (C=O) groups excluding carboxylic acids is 1. The van der Waals surface area contributed by atoms with Gasteiger partial charge in [0.05, 0.1) is 6.54 Å². The van der Waals surface area contributed by atoms with Crippen molar-refractivity contribution in [3.8, 4) is 11.4 Å². The molecule has 0 saturated heterocycles. The third-order valence-corrected chi connectivity index (χ3v) is 2.85. The van der Waals surface area contributed by atoms with Crippen molar-refractivity contribution in [3.05, 3.63) is 41.5 Å². The van der Waals surface area contributed by atoms with Crippen LogP contribution in [0.1, 0.15) is 22.1 Å². The molecule has 2 heterocycles. The molecule has 9 nitrogen and oxygen atoms in total. The Bertz CT molecular complexity index is 844. The summed E-state index contributed by atoms with van der Waals surface area (Å²) >= 11 is 0. The highest BCUT2D eigenvalue weighted by atomic mass is 19.4. The molecule has 0 aliphatic rings. The van der Waals surface area contributed by atoms with E-state index in [1.54, 1.807) is 0 Å². The summed E-state index contributed by atoms with van der Waals surface area (Å²) in [5, 5.41) is 18.7. The number of tetrazole rings is 1. The average molecular weight is 339 g/mol. The van der Waals surface area contributed by atoms with Gasteiger partial charge in [0.1, 0.15) is 0 Å². The Labute approximate surface area is 131 Å². The van der Waals surface area contributed by atoms with Crippen molar-refractivity contribution < 1.29 is 22.5 Å². The number of halogens is 3. The second kappa shape index (κ2) is 6.06. The quantitative estimate of drug-likeness (QED) is 0.732. The normalized spacial score (nSPS) is 11.5. The van der Waals surface area contributed by atoms with Gasteiger partial charge in [-0.25, -0.2) is 0 Å². The molecule has 0 aliphatic heterocycles. The van der Waals surface area contributed by atoms with E-state index in [0.29, 0.717) is 0 Å². The average Bonchev–Trinajstić information content (AvgIpc) is 3.23. The predicted octanol–water partition coefficient (Wildman–Crippen LogP) is 1.20. The largest absolute Gasteiger partial charge is 0.471 e. The van der Waals surface area contributed by atoms with E-state index in [9.17, 15) is 18.0 Å². The fourth-order valence-corrected chi connectivity index (χ4v) is 1.77. The first-order valence-electron chi connectivity index (χ1n) is 6.45. The Kier molecular flexibility index (Phi) is 3.93. The number of rotatable bonds is 4. The zero-order valence-corrected chi connectivity index (χ0v) is 11.7. The lowest BCUT2D eigenvalue weighted by Crippen LogP contribution is -2.23.